The first-order valence-corrected chi connectivity index (χ1v) is 5.73. The first-order valence-electron chi connectivity index (χ1n) is 5.73. The molecule has 0 spiro atoms. The van der Waals surface area contributed by atoms with Gasteiger partial charge in [-0.05, 0) is 25.1 Å². The van der Waals surface area contributed by atoms with Gasteiger partial charge < -0.3 is 16.0 Å². The van der Waals surface area contributed by atoms with Gasteiger partial charge in [0.05, 0.1) is 23.3 Å². The molecule has 92 valence electrons. The summed E-state index contributed by atoms with van der Waals surface area (Å²) >= 11 is 0. The van der Waals surface area contributed by atoms with Gasteiger partial charge in [0, 0.05) is 17.4 Å². The van der Waals surface area contributed by atoms with Crippen molar-refractivity contribution in [3.05, 3.63) is 36.2 Å². The second-order valence-corrected chi connectivity index (χ2v) is 4.26. The van der Waals surface area contributed by atoms with Crippen LogP contribution in [-0.4, -0.2) is 20.2 Å². The molecule has 0 bridgehead atoms. The van der Waals surface area contributed by atoms with E-state index in [0.717, 1.165) is 28.2 Å². The van der Waals surface area contributed by atoms with Gasteiger partial charge in [0.1, 0.15) is 0 Å². The normalized spacial score (nSPS) is 12.7. The fraction of sp³-hybridized carbons (Fsp3) is 0.167. The molecule has 0 aliphatic heterocycles. The van der Waals surface area contributed by atoms with Crippen molar-refractivity contribution in [1.29, 1.82) is 0 Å². The molecular weight excluding hydrogens is 228 g/mol. The van der Waals surface area contributed by atoms with Crippen molar-refractivity contribution in [3.63, 3.8) is 0 Å². The van der Waals surface area contributed by atoms with E-state index in [0.29, 0.717) is 0 Å². The number of nitrogens with zero attached hydrogens (tertiary/aromatic N) is 2. The van der Waals surface area contributed by atoms with Crippen molar-refractivity contribution >= 4 is 22.7 Å². The number of nitrogens with one attached hydrogen (secondary N) is 3. The molecule has 5 N–H and O–H groups in total. The number of rotatable bonds is 3. The van der Waals surface area contributed by atoms with Crippen LogP contribution in [0.2, 0.25) is 0 Å². The third kappa shape index (κ3) is 1.88. The van der Waals surface area contributed by atoms with E-state index < -0.39 is 0 Å². The van der Waals surface area contributed by atoms with Crippen molar-refractivity contribution < 1.29 is 0 Å². The minimum Gasteiger partial charge on any atom is -0.399 e. The van der Waals surface area contributed by atoms with E-state index in [4.69, 9.17) is 5.73 Å². The lowest BCUT2D eigenvalue weighted by molar-refractivity contribution is 0.870. The van der Waals surface area contributed by atoms with E-state index in [2.05, 4.69) is 25.5 Å². The van der Waals surface area contributed by atoms with E-state index in [1.807, 2.05) is 31.3 Å². The third-order valence-electron chi connectivity index (χ3n) is 2.88. The molecule has 1 atom stereocenters. The Labute approximate surface area is 104 Å². The highest BCUT2D eigenvalue weighted by Crippen LogP contribution is 2.20. The van der Waals surface area contributed by atoms with Crippen LogP contribution < -0.4 is 11.1 Å². The molecule has 0 aliphatic carbocycles. The molecule has 6 nitrogen and oxygen atoms in total. The van der Waals surface area contributed by atoms with Crippen molar-refractivity contribution in [2.75, 3.05) is 11.1 Å². The minimum atomic E-state index is 0.127. The summed E-state index contributed by atoms with van der Waals surface area (Å²) in [5, 5.41) is 10.0. The van der Waals surface area contributed by atoms with E-state index in [-0.39, 0.29) is 6.04 Å². The topological polar surface area (TPSA) is 95.4 Å². The van der Waals surface area contributed by atoms with Gasteiger partial charge in [0.25, 0.3) is 0 Å². The lowest BCUT2D eigenvalue weighted by atomic mass is 10.2. The van der Waals surface area contributed by atoms with Gasteiger partial charge in [-0.15, -0.1) is 0 Å². The zero-order valence-electron chi connectivity index (χ0n) is 9.94. The molecule has 0 fully saturated rings. The van der Waals surface area contributed by atoms with Crippen LogP contribution in [0.4, 0.5) is 11.6 Å². The third-order valence-corrected chi connectivity index (χ3v) is 2.88. The molecule has 1 unspecified atom stereocenters. The van der Waals surface area contributed by atoms with Gasteiger partial charge in [0.2, 0.25) is 5.95 Å². The quantitative estimate of drug-likeness (QED) is 0.528. The summed E-state index contributed by atoms with van der Waals surface area (Å²) in [6.45, 7) is 2.05. The van der Waals surface area contributed by atoms with Crippen molar-refractivity contribution in [2.24, 2.45) is 0 Å². The summed E-state index contributed by atoms with van der Waals surface area (Å²) in [6.07, 6.45) is 3.65. The maximum Gasteiger partial charge on any atom is 0.201 e. The largest absolute Gasteiger partial charge is 0.399 e. The molecule has 0 saturated carbocycles. The Hall–Kier alpha value is -2.50. The average Bonchev–Trinajstić information content (AvgIpc) is 2.95. The summed E-state index contributed by atoms with van der Waals surface area (Å²) in [4.78, 5) is 7.65. The monoisotopic (exact) mass is 242 g/mol. The summed E-state index contributed by atoms with van der Waals surface area (Å²) in [5.74, 6) is 0.726. The maximum atomic E-state index is 5.73. The molecule has 3 rings (SSSR count). The Morgan fingerprint density at radius 2 is 2.28 bits per heavy atom. The number of aromatic nitrogens is 4. The average molecular weight is 242 g/mol. The molecule has 0 aliphatic rings. The molecule has 2 aromatic heterocycles. The van der Waals surface area contributed by atoms with Crippen LogP contribution in [0.1, 0.15) is 18.5 Å². The Bertz CT molecular complexity index is 654. The molecule has 0 saturated heterocycles. The number of anilines is 2. The lowest BCUT2D eigenvalue weighted by Gasteiger charge is -2.09. The smallest absolute Gasteiger partial charge is 0.201 e. The van der Waals surface area contributed by atoms with Gasteiger partial charge in [-0.2, -0.15) is 5.10 Å². The van der Waals surface area contributed by atoms with Gasteiger partial charge in [-0.3, -0.25) is 5.10 Å². The molecule has 2 heterocycles. The highest BCUT2D eigenvalue weighted by Gasteiger charge is 2.09. The zero-order chi connectivity index (χ0) is 12.5. The lowest BCUT2D eigenvalue weighted by Crippen LogP contribution is -2.06. The highest BCUT2D eigenvalue weighted by molar-refractivity contribution is 5.80. The fourth-order valence-corrected chi connectivity index (χ4v) is 1.88. The number of fused-ring (bicyclic) bond motifs is 1. The molecule has 0 amide bonds. The molecular formula is C12H14N6. The SMILES string of the molecule is CC(Nc1nc2ccc(N)cc2[nH]1)c1cn[nH]c1. The molecule has 0 radical (unpaired) electrons. The second-order valence-electron chi connectivity index (χ2n) is 4.26. The number of hydrogen-bond donors (Lipinski definition) is 4. The highest BCUT2D eigenvalue weighted by atomic mass is 15.1. The van der Waals surface area contributed by atoms with Crippen molar-refractivity contribution in [2.45, 2.75) is 13.0 Å². The maximum absolute atomic E-state index is 5.73. The van der Waals surface area contributed by atoms with Crippen molar-refractivity contribution in [1.82, 2.24) is 20.2 Å². The number of hydrogen-bond acceptors (Lipinski definition) is 4. The van der Waals surface area contributed by atoms with E-state index in [9.17, 15) is 0 Å². The second kappa shape index (κ2) is 4.06. The van der Waals surface area contributed by atoms with E-state index in [1.165, 1.54) is 0 Å². The zero-order valence-corrected chi connectivity index (χ0v) is 9.94. The van der Waals surface area contributed by atoms with Crippen molar-refractivity contribution in [3.8, 4) is 0 Å². The Kier molecular flexibility index (Phi) is 2.40. The van der Waals surface area contributed by atoms with Crippen LogP contribution in [0, 0.1) is 0 Å². The van der Waals surface area contributed by atoms with E-state index in [1.54, 1.807) is 6.20 Å². The molecule has 18 heavy (non-hydrogen) atoms. The van der Waals surface area contributed by atoms with Crippen LogP contribution in [0.3, 0.4) is 0 Å². The van der Waals surface area contributed by atoms with Crippen LogP contribution in [0.5, 0.6) is 0 Å². The van der Waals surface area contributed by atoms with Crippen LogP contribution in [0.15, 0.2) is 30.6 Å². The van der Waals surface area contributed by atoms with Gasteiger partial charge in [-0.1, -0.05) is 0 Å². The summed E-state index contributed by atoms with van der Waals surface area (Å²) in [5.41, 5.74) is 9.35. The van der Waals surface area contributed by atoms with Gasteiger partial charge >= 0.3 is 0 Å². The standard InChI is InChI=1S/C12H14N6/c1-7(8-5-14-15-6-8)16-12-17-10-3-2-9(13)4-11(10)18-12/h2-7H,13H2,1H3,(H,14,15)(H2,16,17,18). The number of H-pyrrole nitrogens is 2. The van der Waals surface area contributed by atoms with Gasteiger partial charge in [0.15, 0.2) is 0 Å². The summed E-state index contributed by atoms with van der Waals surface area (Å²) in [6, 6.07) is 5.74. The Morgan fingerprint density at radius 1 is 1.39 bits per heavy atom. The Balaban J connectivity index is 1.86. The van der Waals surface area contributed by atoms with Gasteiger partial charge in [-0.25, -0.2) is 4.98 Å². The molecule has 3 aromatic rings. The van der Waals surface area contributed by atoms with Crippen LogP contribution >= 0.6 is 0 Å². The van der Waals surface area contributed by atoms with E-state index >= 15 is 0 Å². The number of aromatic amines is 2. The number of nitrogens with two attached hydrogens (primary N) is 1. The predicted octanol–water partition coefficient (Wildman–Crippen LogP) is 2.04. The Morgan fingerprint density at radius 3 is 3.06 bits per heavy atom. The predicted molar refractivity (Wildman–Crippen MR) is 71.1 cm³/mol. The van der Waals surface area contributed by atoms with Crippen LogP contribution in [0.25, 0.3) is 11.0 Å². The first-order chi connectivity index (χ1) is 8.72. The fourth-order valence-electron chi connectivity index (χ4n) is 1.88. The first kappa shape index (κ1) is 10.6. The molecule has 6 heteroatoms. The number of nitrogen functional groups attached to an aromatic ring is 1. The summed E-state index contributed by atoms with van der Waals surface area (Å²) < 4.78 is 0. The number of benzene rings is 1. The van der Waals surface area contributed by atoms with Crippen LogP contribution in [-0.2, 0) is 0 Å². The molecule has 1 aromatic carbocycles. The minimum absolute atomic E-state index is 0.127. The summed E-state index contributed by atoms with van der Waals surface area (Å²) in [7, 11) is 0. The number of imidazole rings is 1.